The molecular formula is C15H14F4N2. The van der Waals surface area contributed by atoms with Crippen molar-refractivity contribution in [1.82, 2.24) is 10.3 Å². The summed E-state index contributed by atoms with van der Waals surface area (Å²) in [5.74, 6) is -0.656. The Bertz CT molecular complexity index is 596. The largest absolute Gasteiger partial charge is 0.416 e. The van der Waals surface area contributed by atoms with Crippen LogP contribution in [0.1, 0.15) is 22.7 Å². The van der Waals surface area contributed by atoms with E-state index in [0.717, 1.165) is 23.8 Å². The first-order valence-corrected chi connectivity index (χ1v) is 6.34. The molecule has 0 aliphatic carbocycles. The molecule has 1 unspecified atom stereocenters. The number of halogens is 4. The van der Waals surface area contributed by atoms with Gasteiger partial charge in [-0.15, -0.1) is 0 Å². The number of pyridine rings is 1. The average molecular weight is 298 g/mol. The number of rotatable bonds is 4. The first-order valence-electron chi connectivity index (χ1n) is 6.34. The monoisotopic (exact) mass is 298 g/mol. The Hall–Kier alpha value is -1.95. The number of nitrogens with one attached hydrogen (secondary N) is 1. The maximum atomic E-state index is 13.9. The molecule has 0 saturated heterocycles. The predicted molar refractivity (Wildman–Crippen MR) is 71.1 cm³/mol. The van der Waals surface area contributed by atoms with Crippen LogP contribution in [-0.2, 0) is 12.6 Å². The second-order valence-corrected chi connectivity index (χ2v) is 4.63. The zero-order valence-corrected chi connectivity index (χ0v) is 11.3. The summed E-state index contributed by atoms with van der Waals surface area (Å²) in [7, 11) is 1.59. The molecule has 2 rings (SSSR count). The molecule has 112 valence electrons. The number of likely N-dealkylation sites (N-methyl/N-ethyl adjacent to an activating group) is 1. The molecule has 1 atom stereocenters. The molecule has 0 radical (unpaired) electrons. The molecule has 0 spiro atoms. The maximum absolute atomic E-state index is 13.9. The minimum absolute atomic E-state index is 0.00383. The van der Waals surface area contributed by atoms with Crippen LogP contribution in [0.15, 0.2) is 42.7 Å². The highest BCUT2D eigenvalue weighted by atomic mass is 19.4. The molecule has 21 heavy (non-hydrogen) atoms. The van der Waals surface area contributed by atoms with Gasteiger partial charge in [0.05, 0.1) is 5.56 Å². The van der Waals surface area contributed by atoms with Crippen molar-refractivity contribution in [2.75, 3.05) is 7.05 Å². The highest BCUT2D eigenvalue weighted by Crippen LogP contribution is 2.32. The van der Waals surface area contributed by atoms with E-state index in [2.05, 4.69) is 10.3 Å². The van der Waals surface area contributed by atoms with Gasteiger partial charge in [-0.25, -0.2) is 4.39 Å². The second-order valence-electron chi connectivity index (χ2n) is 4.63. The zero-order valence-electron chi connectivity index (χ0n) is 11.3. The molecule has 2 aromatic rings. The van der Waals surface area contributed by atoms with Crippen molar-refractivity contribution in [3.8, 4) is 0 Å². The Morgan fingerprint density at radius 1 is 1.14 bits per heavy atom. The van der Waals surface area contributed by atoms with Gasteiger partial charge in [-0.1, -0.05) is 0 Å². The summed E-state index contributed by atoms with van der Waals surface area (Å²) in [6, 6.07) is 5.41. The fourth-order valence-electron chi connectivity index (χ4n) is 2.11. The summed E-state index contributed by atoms with van der Waals surface area (Å²) >= 11 is 0. The number of nitrogens with zero attached hydrogens (tertiary/aromatic N) is 1. The van der Waals surface area contributed by atoms with Crippen molar-refractivity contribution >= 4 is 0 Å². The molecule has 0 bridgehead atoms. The molecule has 0 aliphatic rings. The van der Waals surface area contributed by atoms with Crippen molar-refractivity contribution in [3.05, 3.63) is 65.2 Å². The maximum Gasteiger partial charge on any atom is 0.416 e. The van der Waals surface area contributed by atoms with Crippen molar-refractivity contribution in [3.63, 3.8) is 0 Å². The van der Waals surface area contributed by atoms with Crippen LogP contribution >= 0.6 is 0 Å². The van der Waals surface area contributed by atoms with Gasteiger partial charge < -0.3 is 5.32 Å². The number of benzene rings is 1. The van der Waals surface area contributed by atoms with Gasteiger partial charge in [-0.2, -0.15) is 13.2 Å². The third-order valence-electron chi connectivity index (χ3n) is 3.24. The molecule has 0 saturated carbocycles. The van der Waals surface area contributed by atoms with E-state index in [0.29, 0.717) is 6.42 Å². The third-order valence-corrected chi connectivity index (χ3v) is 3.24. The van der Waals surface area contributed by atoms with Crippen LogP contribution in [-0.4, -0.2) is 12.0 Å². The quantitative estimate of drug-likeness (QED) is 0.870. The molecule has 6 heteroatoms. The van der Waals surface area contributed by atoms with Crippen molar-refractivity contribution in [1.29, 1.82) is 0 Å². The lowest BCUT2D eigenvalue weighted by atomic mass is 9.97. The fraction of sp³-hybridized carbons (Fsp3) is 0.267. The molecule has 1 N–H and O–H groups in total. The van der Waals surface area contributed by atoms with Gasteiger partial charge in [-0.3, -0.25) is 4.98 Å². The van der Waals surface area contributed by atoms with E-state index in [1.807, 2.05) is 0 Å². The van der Waals surface area contributed by atoms with Crippen molar-refractivity contribution in [2.24, 2.45) is 0 Å². The SMILES string of the molecule is CNC(Cc1ccncc1)c1cc(C(F)(F)F)ccc1F. The van der Waals surface area contributed by atoms with Gasteiger partial charge in [-0.05, 0) is 49.4 Å². The summed E-state index contributed by atoms with van der Waals surface area (Å²) in [5.41, 5.74) is 0.0131. The molecular weight excluding hydrogens is 284 g/mol. The molecule has 0 amide bonds. The lowest BCUT2D eigenvalue weighted by Crippen LogP contribution is -2.21. The Kier molecular flexibility index (Phi) is 4.57. The first-order chi connectivity index (χ1) is 9.91. The average Bonchev–Trinajstić information content (AvgIpc) is 2.45. The lowest BCUT2D eigenvalue weighted by Gasteiger charge is -2.19. The lowest BCUT2D eigenvalue weighted by molar-refractivity contribution is -0.137. The van der Waals surface area contributed by atoms with Gasteiger partial charge in [0, 0.05) is 24.0 Å². The zero-order chi connectivity index (χ0) is 15.5. The van der Waals surface area contributed by atoms with Gasteiger partial charge in [0.2, 0.25) is 0 Å². The van der Waals surface area contributed by atoms with Crippen LogP contribution in [0, 0.1) is 5.82 Å². The van der Waals surface area contributed by atoms with E-state index in [1.54, 1.807) is 31.6 Å². The summed E-state index contributed by atoms with van der Waals surface area (Å²) in [4.78, 5) is 3.87. The number of aromatic nitrogens is 1. The van der Waals surface area contributed by atoms with Crippen LogP contribution in [0.25, 0.3) is 0 Å². The van der Waals surface area contributed by atoms with Crippen LogP contribution in [0.2, 0.25) is 0 Å². The summed E-state index contributed by atoms with van der Waals surface area (Å²) < 4.78 is 52.1. The molecule has 1 heterocycles. The summed E-state index contributed by atoms with van der Waals surface area (Å²) in [6.07, 6.45) is -0.941. The minimum Gasteiger partial charge on any atom is -0.313 e. The minimum atomic E-state index is -4.49. The van der Waals surface area contributed by atoms with E-state index in [4.69, 9.17) is 0 Å². The molecule has 0 fully saturated rings. The molecule has 1 aromatic carbocycles. The number of hydrogen-bond acceptors (Lipinski definition) is 2. The fourth-order valence-corrected chi connectivity index (χ4v) is 2.11. The Balaban J connectivity index is 2.33. The van der Waals surface area contributed by atoms with Gasteiger partial charge >= 0.3 is 6.18 Å². The van der Waals surface area contributed by atoms with Crippen LogP contribution in [0.4, 0.5) is 17.6 Å². The molecule has 0 aliphatic heterocycles. The van der Waals surface area contributed by atoms with E-state index in [1.165, 1.54) is 0 Å². The van der Waals surface area contributed by atoms with Gasteiger partial charge in [0.25, 0.3) is 0 Å². The van der Waals surface area contributed by atoms with Crippen molar-refractivity contribution < 1.29 is 17.6 Å². The normalized spacial score (nSPS) is 13.2. The third kappa shape index (κ3) is 3.78. The molecule has 2 nitrogen and oxygen atoms in total. The summed E-state index contributed by atoms with van der Waals surface area (Å²) in [6.45, 7) is 0. The van der Waals surface area contributed by atoms with Gasteiger partial charge in [0.1, 0.15) is 5.82 Å². The van der Waals surface area contributed by atoms with E-state index >= 15 is 0 Å². The predicted octanol–water partition coefficient (Wildman–Crippen LogP) is 3.74. The smallest absolute Gasteiger partial charge is 0.313 e. The number of alkyl halides is 3. The van der Waals surface area contributed by atoms with Crippen LogP contribution < -0.4 is 5.32 Å². The standard InChI is InChI=1S/C15H14F4N2/c1-20-14(8-10-4-6-21-7-5-10)12-9-11(15(17,18)19)2-3-13(12)16/h2-7,9,14,20H,8H2,1H3. The highest BCUT2D eigenvalue weighted by Gasteiger charge is 2.31. The van der Waals surface area contributed by atoms with E-state index in [9.17, 15) is 17.6 Å². The Morgan fingerprint density at radius 3 is 2.38 bits per heavy atom. The highest BCUT2D eigenvalue weighted by molar-refractivity contribution is 5.31. The topological polar surface area (TPSA) is 24.9 Å². The Morgan fingerprint density at radius 2 is 1.81 bits per heavy atom. The van der Waals surface area contributed by atoms with Crippen molar-refractivity contribution in [2.45, 2.75) is 18.6 Å². The van der Waals surface area contributed by atoms with Crippen LogP contribution in [0.5, 0.6) is 0 Å². The number of hydrogen-bond donors (Lipinski definition) is 1. The van der Waals surface area contributed by atoms with Crippen LogP contribution in [0.3, 0.4) is 0 Å². The molecule has 1 aromatic heterocycles. The summed E-state index contributed by atoms with van der Waals surface area (Å²) in [5, 5.41) is 2.86. The second kappa shape index (κ2) is 6.22. The van der Waals surface area contributed by atoms with E-state index in [-0.39, 0.29) is 5.56 Å². The Labute approximate surface area is 119 Å². The van der Waals surface area contributed by atoms with Gasteiger partial charge in [0.15, 0.2) is 0 Å². The van der Waals surface area contributed by atoms with E-state index < -0.39 is 23.6 Å². The first kappa shape index (κ1) is 15.4.